The van der Waals surface area contributed by atoms with E-state index in [0.29, 0.717) is 37.7 Å². The average Bonchev–Trinajstić information content (AvgIpc) is 2.73. The highest BCUT2D eigenvalue weighted by Crippen LogP contribution is 2.37. The van der Waals surface area contributed by atoms with Crippen LogP contribution in [0.25, 0.3) is 0 Å². The lowest BCUT2D eigenvalue weighted by molar-refractivity contribution is -0.125. The third-order valence-corrected chi connectivity index (χ3v) is 6.48. The van der Waals surface area contributed by atoms with E-state index in [0.717, 1.165) is 38.0 Å². The van der Waals surface area contributed by atoms with Crippen molar-refractivity contribution in [2.45, 2.75) is 71.3 Å². The highest BCUT2D eigenvalue weighted by atomic mass is 16.2. The Morgan fingerprint density at radius 3 is 2.60 bits per heavy atom. The molecule has 0 unspecified atom stereocenters. The first-order chi connectivity index (χ1) is 14.4. The van der Waals surface area contributed by atoms with Gasteiger partial charge in [0.1, 0.15) is 5.69 Å². The molecular weight excluding hydrogens is 376 g/mol. The number of carbonyl (C=O) groups is 2. The number of pyridine rings is 1. The van der Waals surface area contributed by atoms with Gasteiger partial charge >= 0.3 is 0 Å². The minimum Gasteiger partial charge on any atom is -0.354 e. The summed E-state index contributed by atoms with van der Waals surface area (Å²) in [4.78, 5) is 34.8. The molecule has 1 saturated carbocycles. The van der Waals surface area contributed by atoms with E-state index in [1.165, 1.54) is 19.3 Å². The number of nitrogens with one attached hydrogen (secondary N) is 1. The molecule has 6 heteroatoms. The number of hydrogen-bond donors (Lipinski definition) is 1. The fourth-order valence-corrected chi connectivity index (χ4v) is 5.06. The van der Waals surface area contributed by atoms with Crippen LogP contribution in [0.2, 0.25) is 0 Å². The molecule has 0 aromatic carbocycles. The number of carbonyl (C=O) groups excluding carboxylic acids is 2. The molecule has 1 aromatic rings. The molecule has 1 N–H and O–H groups in total. The molecule has 0 atom stereocenters. The number of hydrogen-bond acceptors (Lipinski definition) is 4. The van der Waals surface area contributed by atoms with Crippen LogP contribution < -0.4 is 5.32 Å². The van der Waals surface area contributed by atoms with Crippen molar-refractivity contribution in [2.24, 2.45) is 5.92 Å². The van der Waals surface area contributed by atoms with Gasteiger partial charge in [-0.3, -0.25) is 14.5 Å². The zero-order valence-electron chi connectivity index (χ0n) is 19.0. The fourth-order valence-electron chi connectivity index (χ4n) is 5.06. The summed E-state index contributed by atoms with van der Waals surface area (Å²) in [6.07, 6.45) is 7.36. The van der Waals surface area contributed by atoms with Crippen LogP contribution in [-0.2, 0) is 4.79 Å². The standard InChI is InChI=1S/C24H38N4O2/c1-19(2)18-28-15-8-14-27(23(30)21-10-7-9-20(3)26-21)16-13-25-22(29)17-24(28)11-5-4-6-12-24/h7,9-10,19H,4-6,8,11-18H2,1-3H3,(H,25,29). The second kappa shape index (κ2) is 10.4. The zero-order chi connectivity index (χ0) is 21.6. The summed E-state index contributed by atoms with van der Waals surface area (Å²) in [5, 5.41) is 3.09. The molecule has 0 bridgehead atoms. The maximum Gasteiger partial charge on any atom is 0.272 e. The average molecular weight is 415 g/mol. The van der Waals surface area contributed by atoms with Crippen LogP contribution in [0.3, 0.4) is 0 Å². The van der Waals surface area contributed by atoms with Crippen LogP contribution in [-0.4, -0.2) is 64.9 Å². The largest absolute Gasteiger partial charge is 0.354 e. The van der Waals surface area contributed by atoms with Gasteiger partial charge in [0.15, 0.2) is 0 Å². The maximum absolute atomic E-state index is 13.1. The Kier molecular flexibility index (Phi) is 7.87. The zero-order valence-corrected chi connectivity index (χ0v) is 19.0. The lowest BCUT2D eigenvalue weighted by Gasteiger charge is -2.47. The predicted molar refractivity (Wildman–Crippen MR) is 119 cm³/mol. The molecule has 1 aliphatic carbocycles. The molecule has 3 rings (SSSR count). The molecule has 2 heterocycles. The van der Waals surface area contributed by atoms with Gasteiger partial charge in [-0.15, -0.1) is 0 Å². The van der Waals surface area contributed by atoms with Crippen molar-refractivity contribution in [3.05, 3.63) is 29.6 Å². The first-order valence-electron chi connectivity index (χ1n) is 11.6. The summed E-state index contributed by atoms with van der Waals surface area (Å²) in [5.41, 5.74) is 1.30. The lowest BCUT2D eigenvalue weighted by Crippen LogP contribution is -2.54. The number of aromatic nitrogens is 1. The van der Waals surface area contributed by atoms with Crippen molar-refractivity contribution in [2.75, 3.05) is 32.7 Å². The number of nitrogens with zero attached hydrogens (tertiary/aromatic N) is 3. The SMILES string of the molecule is Cc1cccc(C(=O)N2CCCN(CC(C)C)C3(CCCCC3)CC(=O)NCC2)n1. The van der Waals surface area contributed by atoms with Crippen LogP contribution in [0.1, 0.15) is 75.0 Å². The Hall–Kier alpha value is -1.95. The third kappa shape index (κ3) is 5.81. The molecule has 1 aliphatic heterocycles. The van der Waals surface area contributed by atoms with Gasteiger partial charge in [-0.1, -0.05) is 39.2 Å². The second-order valence-corrected chi connectivity index (χ2v) is 9.46. The highest BCUT2D eigenvalue weighted by molar-refractivity contribution is 5.92. The van der Waals surface area contributed by atoms with Gasteiger partial charge in [0, 0.05) is 50.4 Å². The minimum absolute atomic E-state index is 0.0239. The van der Waals surface area contributed by atoms with Gasteiger partial charge in [0.05, 0.1) is 0 Å². The molecule has 2 amide bonds. The highest BCUT2D eigenvalue weighted by Gasteiger charge is 2.40. The molecule has 2 fully saturated rings. The first-order valence-corrected chi connectivity index (χ1v) is 11.6. The van der Waals surface area contributed by atoms with E-state index in [9.17, 15) is 9.59 Å². The van der Waals surface area contributed by atoms with Crippen LogP contribution >= 0.6 is 0 Å². The summed E-state index contributed by atoms with van der Waals surface area (Å²) < 4.78 is 0. The van der Waals surface area contributed by atoms with E-state index < -0.39 is 0 Å². The summed E-state index contributed by atoms with van der Waals surface area (Å²) in [6, 6.07) is 5.55. The smallest absolute Gasteiger partial charge is 0.272 e. The molecule has 6 nitrogen and oxygen atoms in total. The Balaban J connectivity index is 1.78. The Morgan fingerprint density at radius 2 is 1.90 bits per heavy atom. The Bertz CT molecular complexity index is 728. The molecule has 1 aromatic heterocycles. The second-order valence-electron chi connectivity index (χ2n) is 9.46. The van der Waals surface area contributed by atoms with Gasteiger partial charge in [0.25, 0.3) is 5.91 Å². The monoisotopic (exact) mass is 414 g/mol. The van der Waals surface area contributed by atoms with E-state index in [1.54, 1.807) is 6.07 Å². The van der Waals surface area contributed by atoms with Gasteiger partial charge < -0.3 is 10.2 Å². The van der Waals surface area contributed by atoms with Crippen molar-refractivity contribution in [1.29, 1.82) is 0 Å². The van der Waals surface area contributed by atoms with Gasteiger partial charge in [0.2, 0.25) is 5.91 Å². The van der Waals surface area contributed by atoms with E-state index >= 15 is 0 Å². The van der Waals surface area contributed by atoms with Gasteiger partial charge in [-0.25, -0.2) is 4.98 Å². The minimum atomic E-state index is -0.0463. The molecule has 2 aliphatic rings. The number of aryl methyl sites for hydroxylation is 1. The van der Waals surface area contributed by atoms with Crippen molar-refractivity contribution in [3.63, 3.8) is 0 Å². The fraction of sp³-hybridized carbons (Fsp3) is 0.708. The first kappa shape index (κ1) is 22.7. The van der Waals surface area contributed by atoms with Crippen LogP contribution in [0.5, 0.6) is 0 Å². The molecule has 1 spiro atoms. The lowest BCUT2D eigenvalue weighted by atomic mass is 9.77. The predicted octanol–water partition coefficient (Wildman–Crippen LogP) is 3.40. The van der Waals surface area contributed by atoms with E-state index in [2.05, 4.69) is 29.0 Å². The Labute approximate surface area is 181 Å². The van der Waals surface area contributed by atoms with Crippen LogP contribution in [0.4, 0.5) is 0 Å². The third-order valence-electron chi connectivity index (χ3n) is 6.48. The van der Waals surface area contributed by atoms with Crippen LogP contribution in [0, 0.1) is 12.8 Å². The number of rotatable bonds is 3. The summed E-state index contributed by atoms with van der Waals surface area (Å²) >= 11 is 0. The molecule has 0 radical (unpaired) electrons. The van der Waals surface area contributed by atoms with Gasteiger partial charge in [-0.2, -0.15) is 0 Å². The van der Waals surface area contributed by atoms with Gasteiger partial charge in [-0.05, 0) is 44.2 Å². The molecular formula is C24H38N4O2. The van der Waals surface area contributed by atoms with Crippen molar-refractivity contribution in [3.8, 4) is 0 Å². The summed E-state index contributed by atoms with van der Waals surface area (Å²) in [5.74, 6) is 0.620. The summed E-state index contributed by atoms with van der Waals surface area (Å²) in [7, 11) is 0. The van der Waals surface area contributed by atoms with Crippen molar-refractivity contribution < 1.29 is 9.59 Å². The van der Waals surface area contributed by atoms with E-state index in [-0.39, 0.29) is 17.4 Å². The van der Waals surface area contributed by atoms with Crippen molar-refractivity contribution >= 4 is 11.8 Å². The maximum atomic E-state index is 13.1. The van der Waals surface area contributed by atoms with Crippen LogP contribution in [0.15, 0.2) is 18.2 Å². The topological polar surface area (TPSA) is 65.5 Å². The van der Waals surface area contributed by atoms with E-state index in [4.69, 9.17) is 0 Å². The van der Waals surface area contributed by atoms with Crippen molar-refractivity contribution in [1.82, 2.24) is 20.1 Å². The Morgan fingerprint density at radius 1 is 1.13 bits per heavy atom. The normalized spacial score (nSPS) is 21.3. The quantitative estimate of drug-likeness (QED) is 0.823. The number of amides is 2. The molecule has 166 valence electrons. The summed E-state index contributed by atoms with van der Waals surface area (Å²) in [6.45, 7) is 10.0. The molecule has 30 heavy (non-hydrogen) atoms. The molecule has 1 saturated heterocycles. The van der Waals surface area contributed by atoms with E-state index in [1.807, 2.05) is 24.0 Å².